The van der Waals surface area contributed by atoms with Gasteiger partial charge in [0.05, 0.1) is 11.8 Å². The van der Waals surface area contributed by atoms with Gasteiger partial charge >= 0.3 is 0 Å². The Kier molecular flexibility index (Phi) is 3.09. The Morgan fingerprint density at radius 3 is 2.94 bits per heavy atom. The number of anilines is 1. The quantitative estimate of drug-likeness (QED) is 0.824. The Balaban J connectivity index is 2.28. The van der Waals surface area contributed by atoms with E-state index in [1.807, 2.05) is 24.1 Å². The molecule has 2 heterocycles. The summed E-state index contributed by atoms with van der Waals surface area (Å²) in [5.74, 6) is 0.0116. The van der Waals surface area contributed by atoms with Gasteiger partial charge in [0.25, 0.3) is 0 Å². The molecule has 1 aromatic rings. The van der Waals surface area contributed by atoms with E-state index >= 15 is 0 Å². The highest BCUT2D eigenvalue weighted by molar-refractivity contribution is 7.13. The van der Waals surface area contributed by atoms with Crippen molar-refractivity contribution in [2.24, 2.45) is 0 Å². The molecule has 1 aromatic heterocycles. The average Bonchev–Trinajstić information content (AvgIpc) is 2.71. The highest BCUT2D eigenvalue weighted by atomic mass is 32.1. The zero-order valence-corrected chi connectivity index (χ0v) is 11.0. The van der Waals surface area contributed by atoms with Gasteiger partial charge in [0.15, 0.2) is 5.13 Å². The summed E-state index contributed by atoms with van der Waals surface area (Å²) >= 11 is 1.46. The summed E-state index contributed by atoms with van der Waals surface area (Å²) in [7, 11) is 0. The van der Waals surface area contributed by atoms with E-state index in [9.17, 15) is 9.90 Å². The number of carbonyl (C=O) groups excluding carboxylic acids is 1. The molecule has 2 rings (SSSR count). The first-order chi connectivity index (χ1) is 7.93. The largest absolute Gasteiger partial charge is 0.387 e. The minimum atomic E-state index is -0.591. The van der Waals surface area contributed by atoms with Crippen LogP contribution in [0.3, 0.4) is 0 Å². The molecular formula is C11H17N3O2S. The molecule has 1 saturated heterocycles. The fourth-order valence-corrected chi connectivity index (χ4v) is 2.91. The molecule has 0 aromatic carbocycles. The molecule has 0 aliphatic carbocycles. The van der Waals surface area contributed by atoms with Crippen LogP contribution in [0.5, 0.6) is 0 Å². The van der Waals surface area contributed by atoms with E-state index in [0.29, 0.717) is 12.2 Å². The summed E-state index contributed by atoms with van der Waals surface area (Å²) < 4.78 is 0. The van der Waals surface area contributed by atoms with Crippen LogP contribution in [0.1, 0.15) is 32.6 Å². The zero-order valence-electron chi connectivity index (χ0n) is 10.2. The van der Waals surface area contributed by atoms with Gasteiger partial charge in [0.2, 0.25) is 5.91 Å². The van der Waals surface area contributed by atoms with Gasteiger partial charge in [-0.15, -0.1) is 11.3 Å². The number of thiazole rings is 1. The summed E-state index contributed by atoms with van der Waals surface area (Å²) in [6, 6.07) is 0. The van der Waals surface area contributed by atoms with Crippen LogP contribution in [0.4, 0.5) is 5.13 Å². The van der Waals surface area contributed by atoms with E-state index in [2.05, 4.69) is 10.3 Å². The second kappa shape index (κ2) is 4.27. The van der Waals surface area contributed by atoms with E-state index in [4.69, 9.17) is 0 Å². The van der Waals surface area contributed by atoms with Crippen LogP contribution in [-0.2, 0) is 4.79 Å². The molecule has 1 fully saturated rings. The topological polar surface area (TPSA) is 65.5 Å². The molecule has 1 aliphatic heterocycles. The van der Waals surface area contributed by atoms with Crippen LogP contribution in [0.25, 0.3) is 0 Å². The molecule has 6 heteroatoms. The van der Waals surface area contributed by atoms with Gasteiger partial charge in [0, 0.05) is 18.5 Å². The highest BCUT2D eigenvalue weighted by Gasteiger charge is 2.39. The Morgan fingerprint density at radius 2 is 2.35 bits per heavy atom. The Labute approximate surface area is 104 Å². The van der Waals surface area contributed by atoms with Crippen LogP contribution in [-0.4, -0.2) is 34.6 Å². The van der Waals surface area contributed by atoms with Gasteiger partial charge in [-0.3, -0.25) is 4.79 Å². The van der Waals surface area contributed by atoms with Crippen molar-refractivity contribution in [3.63, 3.8) is 0 Å². The van der Waals surface area contributed by atoms with Crippen LogP contribution in [0, 0.1) is 0 Å². The van der Waals surface area contributed by atoms with Gasteiger partial charge < -0.3 is 15.3 Å². The fraction of sp³-hybridized carbons (Fsp3) is 0.636. The number of aliphatic hydroxyl groups excluding tert-OH is 1. The number of carbonyl (C=O) groups is 1. The van der Waals surface area contributed by atoms with Crippen molar-refractivity contribution >= 4 is 22.4 Å². The normalized spacial score (nSPS) is 21.2. The van der Waals surface area contributed by atoms with Crippen molar-refractivity contribution in [3.05, 3.63) is 11.1 Å². The SMILES string of the molecule is CC(O)c1csc(N2CCNC(=O)C2(C)C)n1. The minimum absolute atomic E-state index is 0.0116. The minimum Gasteiger partial charge on any atom is -0.387 e. The Hall–Kier alpha value is -1.14. The predicted molar refractivity (Wildman–Crippen MR) is 67.2 cm³/mol. The molecule has 0 bridgehead atoms. The monoisotopic (exact) mass is 255 g/mol. The maximum atomic E-state index is 11.8. The first-order valence-corrected chi connectivity index (χ1v) is 6.50. The number of hydrogen-bond donors (Lipinski definition) is 2. The van der Waals surface area contributed by atoms with Crippen LogP contribution in [0.15, 0.2) is 5.38 Å². The Bertz CT molecular complexity index is 428. The van der Waals surface area contributed by atoms with Crippen LogP contribution >= 0.6 is 11.3 Å². The standard InChI is InChI=1S/C11H17N3O2S/c1-7(15)8-6-17-10(13-8)14-5-4-12-9(16)11(14,2)3/h6-7,15H,4-5H2,1-3H3,(H,12,16). The number of hydrogen-bond acceptors (Lipinski definition) is 5. The highest BCUT2D eigenvalue weighted by Crippen LogP contribution is 2.30. The third-order valence-corrected chi connectivity index (χ3v) is 3.90. The van der Waals surface area contributed by atoms with Crippen LogP contribution in [0.2, 0.25) is 0 Å². The molecule has 0 spiro atoms. The smallest absolute Gasteiger partial charge is 0.245 e. The molecule has 0 radical (unpaired) electrons. The summed E-state index contributed by atoms with van der Waals surface area (Å²) in [4.78, 5) is 18.2. The predicted octanol–water partition coefficient (Wildman–Crippen LogP) is 0.911. The van der Waals surface area contributed by atoms with Crippen molar-refractivity contribution in [1.29, 1.82) is 0 Å². The van der Waals surface area contributed by atoms with Crippen molar-refractivity contribution in [2.75, 3.05) is 18.0 Å². The molecule has 94 valence electrons. The summed E-state index contributed by atoms with van der Waals surface area (Å²) in [5.41, 5.74) is 0.0679. The summed E-state index contributed by atoms with van der Waals surface area (Å²) in [5, 5.41) is 14.9. The van der Waals surface area contributed by atoms with Crippen molar-refractivity contribution < 1.29 is 9.90 Å². The van der Waals surface area contributed by atoms with Gasteiger partial charge in [0.1, 0.15) is 5.54 Å². The van der Waals surface area contributed by atoms with Crippen molar-refractivity contribution in [3.8, 4) is 0 Å². The first-order valence-electron chi connectivity index (χ1n) is 5.62. The average molecular weight is 255 g/mol. The lowest BCUT2D eigenvalue weighted by atomic mass is 10.00. The molecular weight excluding hydrogens is 238 g/mol. The van der Waals surface area contributed by atoms with E-state index in [1.54, 1.807) is 6.92 Å². The van der Waals surface area contributed by atoms with Gasteiger partial charge in [-0.1, -0.05) is 0 Å². The van der Waals surface area contributed by atoms with Crippen molar-refractivity contribution in [1.82, 2.24) is 10.3 Å². The maximum Gasteiger partial charge on any atom is 0.245 e. The van der Waals surface area contributed by atoms with Gasteiger partial charge in [-0.05, 0) is 20.8 Å². The molecule has 2 N–H and O–H groups in total. The lowest BCUT2D eigenvalue weighted by Crippen LogP contribution is -2.62. The van der Waals surface area contributed by atoms with Crippen molar-refractivity contribution in [2.45, 2.75) is 32.4 Å². The molecule has 0 saturated carbocycles. The third kappa shape index (κ3) is 2.14. The third-order valence-electron chi connectivity index (χ3n) is 3.02. The number of nitrogens with zero attached hydrogens (tertiary/aromatic N) is 2. The second-order valence-electron chi connectivity index (χ2n) is 4.70. The van der Waals surface area contributed by atoms with Gasteiger partial charge in [-0.2, -0.15) is 0 Å². The van der Waals surface area contributed by atoms with E-state index in [1.165, 1.54) is 11.3 Å². The molecule has 17 heavy (non-hydrogen) atoms. The molecule has 1 aliphatic rings. The molecule has 5 nitrogen and oxygen atoms in total. The first kappa shape index (κ1) is 12.3. The lowest BCUT2D eigenvalue weighted by molar-refractivity contribution is -0.126. The summed E-state index contributed by atoms with van der Waals surface area (Å²) in [6.45, 7) is 6.82. The van der Waals surface area contributed by atoms with Gasteiger partial charge in [-0.25, -0.2) is 4.98 Å². The summed E-state index contributed by atoms with van der Waals surface area (Å²) in [6.07, 6.45) is -0.568. The number of aromatic nitrogens is 1. The molecule has 1 unspecified atom stereocenters. The zero-order chi connectivity index (χ0) is 12.6. The number of nitrogens with one attached hydrogen (secondary N) is 1. The number of piperazine rings is 1. The van der Waals surface area contributed by atoms with E-state index in [0.717, 1.165) is 11.7 Å². The fourth-order valence-electron chi connectivity index (χ4n) is 1.83. The van der Waals surface area contributed by atoms with Crippen LogP contribution < -0.4 is 10.2 Å². The number of amides is 1. The lowest BCUT2D eigenvalue weighted by Gasteiger charge is -2.41. The second-order valence-corrected chi connectivity index (χ2v) is 5.53. The number of rotatable bonds is 2. The Morgan fingerprint density at radius 1 is 1.65 bits per heavy atom. The molecule has 1 atom stereocenters. The molecule has 1 amide bonds. The number of aliphatic hydroxyl groups is 1. The van der Waals surface area contributed by atoms with E-state index < -0.39 is 11.6 Å². The van der Waals surface area contributed by atoms with E-state index in [-0.39, 0.29) is 5.91 Å². The maximum absolute atomic E-state index is 11.8.